The summed E-state index contributed by atoms with van der Waals surface area (Å²) in [6, 6.07) is 4.91. The quantitative estimate of drug-likeness (QED) is 0.830. The molecule has 0 unspecified atom stereocenters. The molecule has 1 aliphatic rings. The van der Waals surface area contributed by atoms with Crippen LogP contribution in [0.4, 0.5) is 5.69 Å². The molecule has 8 nitrogen and oxygen atoms in total. The number of hydrogen-bond donors (Lipinski definition) is 2. The standard InChI is InChI=1S/C13H12N4O4/c1-17-9-4-2-7(6-10(9)21-13(17)20)14-12(19)8-3-5-11(18)16-15-8/h2,4,6H,3,5H2,1H3,(H,14,19)(H,16,18). The normalized spacial score (nSPS) is 14.7. The molecule has 1 aromatic heterocycles. The van der Waals surface area contributed by atoms with Gasteiger partial charge in [0.25, 0.3) is 5.91 Å². The number of hydrazone groups is 1. The van der Waals surface area contributed by atoms with E-state index in [4.69, 9.17) is 4.42 Å². The van der Waals surface area contributed by atoms with Crippen LogP contribution in [-0.4, -0.2) is 22.1 Å². The Morgan fingerprint density at radius 3 is 2.90 bits per heavy atom. The first-order valence-corrected chi connectivity index (χ1v) is 6.31. The summed E-state index contributed by atoms with van der Waals surface area (Å²) in [4.78, 5) is 34.4. The number of nitrogens with one attached hydrogen (secondary N) is 2. The highest BCUT2D eigenvalue weighted by Gasteiger charge is 2.18. The molecule has 8 heteroatoms. The molecule has 0 atom stereocenters. The van der Waals surface area contributed by atoms with E-state index in [9.17, 15) is 14.4 Å². The van der Waals surface area contributed by atoms with E-state index in [2.05, 4.69) is 15.8 Å². The number of benzene rings is 1. The Labute approximate surface area is 118 Å². The lowest BCUT2D eigenvalue weighted by atomic mass is 10.1. The molecule has 3 rings (SSSR count). The second-order valence-electron chi connectivity index (χ2n) is 4.66. The Balaban J connectivity index is 1.83. The van der Waals surface area contributed by atoms with Crippen molar-refractivity contribution in [3.63, 3.8) is 0 Å². The van der Waals surface area contributed by atoms with Crippen LogP contribution in [0.15, 0.2) is 32.5 Å². The number of hydrogen-bond acceptors (Lipinski definition) is 5. The largest absolute Gasteiger partial charge is 0.419 e. The number of oxazole rings is 1. The van der Waals surface area contributed by atoms with E-state index in [-0.39, 0.29) is 18.0 Å². The maximum absolute atomic E-state index is 12.0. The molecular formula is C13H12N4O4. The Morgan fingerprint density at radius 2 is 2.19 bits per heavy atom. The van der Waals surface area contributed by atoms with Gasteiger partial charge in [-0.05, 0) is 12.1 Å². The van der Waals surface area contributed by atoms with Crippen molar-refractivity contribution in [2.24, 2.45) is 12.1 Å². The van der Waals surface area contributed by atoms with Crippen LogP contribution < -0.4 is 16.5 Å². The number of fused-ring (bicyclic) bond motifs is 1. The van der Waals surface area contributed by atoms with Crippen LogP contribution in [0.25, 0.3) is 11.1 Å². The Hall–Kier alpha value is -2.90. The van der Waals surface area contributed by atoms with E-state index < -0.39 is 11.7 Å². The molecule has 2 N–H and O–H groups in total. The summed E-state index contributed by atoms with van der Waals surface area (Å²) >= 11 is 0. The molecule has 0 fully saturated rings. The molecule has 1 aromatic carbocycles. The van der Waals surface area contributed by atoms with Crippen molar-refractivity contribution in [3.05, 3.63) is 28.7 Å². The molecule has 0 saturated heterocycles. The molecule has 21 heavy (non-hydrogen) atoms. The molecule has 0 saturated carbocycles. The van der Waals surface area contributed by atoms with Crippen LogP contribution in [0.2, 0.25) is 0 Å². The third-order valence-corrected chi connectivity index (χ3v) is 3.22. The average molecular weight is 288 g/mol. The van der Waals surface area contributed by atoms with Crippen LogP contribution in [0.5, 0.6) is 0 Å². The summed E-state index contributed by atoms with van der Waals surface area (Å²) in [5, 5.41) is 6.37. The SMILES string of the molecule is Cn1c(=O)oc2cc(NC(=O)C3=NNC(=O)CC3)ccc21. The van der Waals surface area contributed by atoms with Gasteiger partial charge in [0.2, 0.25) is 5.91 Å². The van der Waals surface area contributed by atoms with Crippen molar-refractivity contribution in [2.45, 2.75) is 12.8 Å². The first-order valence-electron chi connectivity index (χ1n) is 6.31. The molecular weight excluding hydrogens is 276 g/mol. The minimum atomic E-state index is -0.465. The lowest BCUT2D eigenvalue weighted by Gasteiger charge is -2.11. The van der Waals surface area contributed by atoms with Crippen molar-refractivity contribution in [1.29, 1.82) is 0 Å². The molecule has 108 valence electrons. The van der Waals surface area contributed by atoms with Crippen LogP contribution in [0.1, 0.15) is 12.8 Å². The van der Waals surface area contributed by atoms with Gasteiger partial charge in [0, 0.05) is 31.6 Å². The topological polar surface area (TPSA) is 106 Å². The van der Waals surface area contributed by atoms with Gasteiger partial charge in [0.05, 0.1) is 5.52 Å². The van der Waals surface area contributed by atoms with Gasteiger partial charge in [-0.25, -0.2) is 10.2 Å². The van der Waals surface area contributed by atoms with E-state index in [1.54, 1.807) is 25.2 Å². The van der Waals surface area contributed by atoms with Crippen LogP contribution >= 0.6 is 0 Å². The number of nitrogens with zero attached hydrogens (tertiary/aromatic N) is 2. The Kier molecular flexibility index (Phi) is 3.05. The summed E-state index contributed by atoms with van der Waals surface area (Å²) < 4.78 is 6.43. The number of amides is 2. The third-order valence-electron chi connectivity index (χ3n) is 3.22. The van der Waals surface area contributed by atoms with E-state index in [0.717, 1.165) is 0 Å². The van der Waals surface area contributed by atoms with Crippen LogP contribution in [0.3, 0.4) is 0 Å². The van der Waals surface area contributed by atoms with E-state index in [1.807, 2.05) is 0 Å². The number of rotatable bonds is 2. The molecule has 1 aliphatic heterocycles. The fraction of sp³-hybridized carbons (Fsp3) is 0.231. The first-order chi connectivity index (χ1) is 10.0. The second-order valence-corrected chi connectivity index (χ2v) is 4.66. The number of carbonyl (C=O) groups excluding carboxylic acids is 2. The lowest BCUT2D eigenvalue weighted by molar-refractivity contribution is -0.121. The van der Waals surface area contributed by atoms with Gasteiger partial charge in [0.15, 0.2) is 5.58 Å². The molecule has 2 heterocycles. The first kappa shape index (κ1) is 13.1. The average Bonchev–Trinajstić information content (AvgIpc) is 2.74. The molecule has 2 amide bonds. The fourth-order valence-electron chi connectivity index (χ4n) is 2.05. The number of aromatic nitrogens is 1. The highest BCUT2D eigenvalue weighted by Crippen LogP contribution is 2.18. The minimum absolute atomic E-state index is 0.209. The highest BCUT2D eigenvalue weighted by molar-refractivity contribution is 6.43. The molecule has 0 radical (unpaired) electrons. The maximum Gasteiger partial charge on any atom is 0.419 e. The monoisotopic (exact) mass is 288 g/mol. The summed E-state index contributed by atoms with van der Waals surface area (Å²) in [5.41, 5.74) is 4.03. The minimum Gasteiger partial charge on any atom is -0.408 e. The van der Waals surface area contributed by atoms with Crippen molar-refractivity contribution in [3.8, 4) is 0 Å². The van der Waals surface area contributed by atoms with Gasteiger partial charge in [-0.2, -0.15) is 5.10 Å². The summed E-state index contributed by atoms with van der Waals surface area (Å²) in [6.07, 6.45) is 0.527. The van der Waals surface area contributed by atoms with Gasteiger partial charge >= 0.3 is 5.76 Å². The Morgan fingerprint density at radius 1 is 1.38 bits per heavy atom. The van der Waals surface area contributed by atoms with Crippen LogP contribution in [-0.2, 0) is 16.6 Å². The third kappa shape index (κ3) is 2.42. The second kappa shape index (κ2) is 4.89. The van der Waals surface area contributed by atoms with Crippen LogP contribution in [0, 0.1) is 0 Å². The zero-order valence-corrected chi connectivity index (χ0v) is 11.2. The van der Waals surface area contributed by atoms with Crippen molar-refractivity contribution < 1.29 is 14.0 Å². The van der Waals surface area contributed by atoms with Gasteiger partial charge < -0.3 is 9.73 Å². The zero-order chi connectivity index (χ0) is 15.0. The molecule has 0 bridgehead atoms. The van der Waals surface area contributed by atoms with Crippen molar-refractivity contribution >= 4 is 34.3 Å². The van der Waals surface area contributed by atoms with Gasteiger partial charge in [-0.3, -0.25) is 14.2 Å². The lowest BCUT2D eigenvalue weighted by Crippen LogP contribution is -2.32. The summed E-state index contributed by atoms with van der Waals surface area (Å²) in [5.74, 6) is -1.07. The van der Waals surface area contributed by atoms with Gasteiger partial charge in [-0.15, -0.1) is 0 Å². The summed E-state index contributed by atoms with van der Waals surface area (Å²) in [6.45, 7) is 0. The van der Waals surface area contributed by atoms with E-state index in [1.165, 1.54) is 4.57 Å². The predicted octanol–water partition coefficient (Wildman–Crippen LogP) is 0.336. The van der Waals surface area contributed by atoms with E-state index >= 15 is 0 Å². The van der Waals surface area contributed by atoms with E-state index in [0.29, 0.717) is 23.2 Å². The zero-order valence-electron chi connectivity index (χ0n) is 11.2. The molecule has 0 aliphatic carbocycles. The van der Waals surface area contributed by atoms with Crippen molar-refractivity contribution in [1.82, 2.24) is 9.99 Å². The number of anilines is 1. The summed E-state index contributed by atoms with van der Waals surface area (Å²) in [7, 11) is 1.60. The number of carbonyl (C=O) groups is 2. The highest BCUT2D eigenvalue weighted by atomic mass is 16.4. The van der Waals surface area contributed by atoms with Crippen molar-refractivity contribution in [2.75, 3.05) is 5.32 Å². The van der Waals surface area contributed by atoms with Gasteiger partial charge in [0.1, 0.15) is 5.71 Å². The fourth-order valence-corrected chi connectivity index (χ4v) is 2.05. The maximum atomic E-state index is 12.0. The number of aryl methyl sites for hydroxylation is 1. The smallest absolute Gasteiger partial charge is 0.408 e. The molecule has 0 spiro atoms. The van der Waals surface area contributed by atoms with Gasteiger partial charge in [-0.1, -0.05) is 0 Å². The predicted molar refractivity (Wildman–Crippen MR) is 74.9 cm³/mol. The molecule has 2 aromatic rings. The Bertz CT molecular complexity index is 830.